The highest BCUT2D eigenvalue weighted by Gasteiger charge is 2.41. The molecule has 2 heterocycles. The zero-order valence-electron chi connectivity index (χ0n) is 22.2. The first-order valence-electron chi connectivity index (χ1n) is 12.7. The van der Waals surface area contributed by atoms with Crippen LogP contribution in [0.15, 0.2) is 12.1 Å². The van der Waals surface area contributed by atoms with E-state index in [9.17, 15) is 28.6 Å². The minimum atomic E-state index is -1.15. The number of aryl methyl sites for hydroxylation is 1. The highest BCUT2D eigenvalue weighted by atomic mass is 19.2. The molecule has 0 radical (unpaired) electrons. The number of aromatic nitrogens is 2. The third-order valence-electron chi connectivity index (χ3n) is 6.92. The second kappa shape index (κ2) is 11.7. The average molecular weight is 525 g/mol. The molecule has 11 heteroatoms. The Morgan fingerprint density at radius 1 is 1.22 bits per heavy atom. The number of rotatable bonds is 10. The van der Waals surface area contributed by atoms with E-state index < -0.39 is 35.3 Å². The molecule has 37 heavy (non-hydrogen) atoms. The van der Waals surface area contributed by atoms with E-state index >= 15 is 0 Å². The molecule has 1 aliphatic heterocycles. The van der Waals surface area contributed by atoms with Crippen LogP contribution in [0.2, 0.25) is 0 Å². The lowest BCUT2D eigenvalue weighted by Crippen LogP contribution is -2.58. The zero-order chi connectivity index (χ0) is 27.5. The molecule has 1 aromatic heterocycles. The number of fused-ring (bicyclic) bond motifs is 1. The number of aliphatic hydroxyl groups is 1. The van der Waals surface area contributed by atoms with Crippen molar-refractivity contribution in [2.75, 3.05) is 33.4 Å². The van der Waals surface area contributed by atoms with Gasteiger partial charge in [0.15, 0.2) is 17.5 Å². The van der Waals surface area contributed by atoms with Crippen LogP contribution in [0, 0.1) is 23.5 Å². The lowest BCUT2D eigenvalue weighted by atomic mass is 9.81. The molecule has 0 aliphatic carbocycles. The molecule has 2 amide bonds. The van der Waals surface area contributed by atoms with Crippen LogP contribution in [0.25, 0.3) is 11.0 Å². The first-order chi connectivity index (χ1) is 17.3. The number of carbonyl (C=O) groups is 2. The van der Waals surface area contributed by atoms with E-state index in [4.69, 9.17) is 4.74 Å². The SMILES string of the molecule is COCCCCn1c(C(=O)N(CC(C)C)[C@H]2C[C@@H](C(C)(C)O)CN(C(=O)O)C2)nc2cc(F)c(F)cc21. The standard InChI is InChI=1S/C26H38F2N4O5/c1-16(2)13-32(18-10-17(26(3,4)36)14-30(15-18)25(34)35)24(33)23-29-21-11-19(27)20(28)12-22(21)31(23)8-6-7-9-37-5/h11-12,16-18,36H,6-10,13-15H2,1-5H3,(H,34,35)/t17-,18+/m1/s1. The Bertz CT molecular complexity index is 1110. The fourth-order valence-electron chi connectivity index (χ4n) is 4.91. The first-order valence-corrected chi connectivity index (χ1v) is 12.7. The number of amides is 2. The van der Waals surface area contributed by atoms with Crippen LogP contribution in [0.3, 0.4) is 0 Å². The number of unbranched alkanes of at least 4 members (excludes halogenated alkanes) is 1. The van der Waals surface area contributed by atoms with Gasteiger partial charge in [-0.2, -0.15) is 0 Å². The summed E-state index contributed by atoms with van der Waals surface area (Å²) in [5, 5.41) is 20.4. The Morgan fingerprint density at radius 3 is 2.49 bits per heavy atom. The summed E-state index contributed by atoms with van der Waals surface area (Å²) in [4.78, 5) is 33.2. The molecule has 1 aromatic carbocycles. The van der Waals surface area contributed by atoms with E-state index in [1.807, 2.05) is 13.8 Å². The van der Waals surface area contributed by atoms with Gasteiger partial charge in [0.2, 0.25) is 0 Å². The van der Waals surface area contributed by atoms with Gasteiger partial charge in [0, 0.05) is 57.9 Å². The highest BCUT2D eigenvalue weighted by Crippen LogP contribution is 2.31. The van der Waals surface area contributed by atoms with Crippen molar-refractivity contribution in [1.82, 2.24) is 19.4 Å². The molecular formula is C26H38F2N4O5. The van der Waals surface area contributed by atoms with Crippen LogP contribution in [0.5, 0.6) is 0 Å². The maximum atomic E-state index is 14.2. The molecule has 3 rings (SSSR count). The minimum Gasteiger partial charge on any atom is -0.465 e. The van der Waals surface area contributed by atoms with Gasteiger partial charge in [0.1, 0.15) is 0 Å². The molecule has 2 atom stereocenters. The highest BCUT2D eigenvalue weighted by molar-refractivity contribution is 5.95. The number of methoxy groups -OCH3 is 1. The number of carbonyl (C=O) groups excluding carboxylic acids is 1. The number of benzene rings is 1. The Balaban J connectivity index is 2.05. The normalized spacial score (nSPS) is 18.6. The second-order valence-corrected chi connectivity index (χ2v) is 10.8. The average Bonchev–Trinajstić information content (AvgIpc) is 3.16. The number of likely N-dealkylation sites (tertiary alicyclic amines) is 1. The van der Waals surface area contributed by atoms with E-state index in [0.717, 1.165) is 12.1 Å². The van der Waals surface area contributed by atoms with Crippen molar-refractivity contribution in [2.45, 2.75) is 65.1 Å². The van der Waals surface area contributed by atoms with Gasteiger partial charge in [-0.3, -0.25) is 4.79 Å². The number of piperidine rings is 1. The smallest absolute Gasteiger partial charge is 0.407 e. The summed E-state index contributed by atoms with van der Waals surface area (Å²) in [6.45, 7) is 8.62. The van der Waals surface area contributed by atoms with Crippen molar-refractivity contribution in [2.24, 2.45) is 11.8 Å². The molecule has 206 valence electrons. The van der Waals surface area contributed by atoms with Crippen molar-refractivity contribution in [3.05, 3.63) is 29.6 Å². The fraction of sp³-hybridized carbons (Fsp3) is 0.654. The molecule has 1 aliphatic rings. The molecule has 2 N–H and O–H groups in total. The molecule has 9 nitrogen and oxygen atoms in total. The number of halogens is 2. The largest absolute Gasteiger partial charge is 0.465 e. The van der Waals surface area contributed by atoms with Crippen LogP contribution in [0.1, 0.15) is 57.6 Å². The maximum Gasteiger partial charge on any atom is 0.407 e. The van der Waals surface area contributed by atoms with Gasteiger partial charge in [-0.15, -0.1) is 0 Å². The topological polar surface area (TPSA) is 108 Å². The molecule has 0 unspecified atom stereocenters. The van der Waals surface area contributed by atoms with Crippen LogP contribution in [0.4, 0.5) is 13.6 Å². The van der Waals surface area contributed by atoms with E-state index in [1.165, 1.54) is 4.90 Å². The lowest BCUT2D eigenvalue weighted by Gasteiger charge is -2.45. The number of imidazole rings is 1. The summed E-state index contributed by atoms with van der Waals surface area (Å²) in [5.41, 5.74) is -0.666. The van der Waals surface area contributed by atoms with E-state index in [1.54, 1.807) is 30.4 Å². The fourth-order valence-corrected chi connectivity index (χ4v) is 4.91. The van der Waals surface area contributed by atoms with E-state index in [-0.39, 0.29) is 36.3 Å². The number of ether oxygens (including phenoxy) is 1. The summed E-state index contributed by atoms with van der Waals surface area (Å²) in [6.07, 6.45) is 0.613. The monoisotopic (exact) mass is 524 g/mol. The lowest BCUT2D eigenvalue weighted by molar-refractivity contribution is -0.0366. The molecule has 0 bridgehead atoms. The Labute approximate surface area is 216 Å². The second-order valence-electron chi connectivity index (χ2n) is 10.8. The summed E-state index contributed by atoms with van der Waals surface area (Å²) < 4.78 is 34.9. The maximum absolute atomic E-state index is 14.2. The van der Waals surface area contributed by atoms with Gasteiger partial charge < -0.3 is 29.3 Å². The van der Waals surface area contributed by atoms with Crippen molar-refractivity contribution < 1.29 is 33.3 Å². The Kier molecular flexibility index (Phi) is 9.12. The first kappa shape index (κ1) is 28.8. The summed E-state index contributed by atoms with van der Waals surface area (Å²) >= 11 is 0. The van der Waals surface area contributed by atoms with Gasteiger partial charge in [-0.25, -0.2) is 18.6 Å². The number of carboxylic acid groups (broad SMARTS) is 1. The Morgan fingerprint density at radius 2 is 1.89 bits per heavy atom. The van der Waals surface area contributed by atoms with Crippen LogP contribution >= 0.6 is 0 Å². The summed E-state index contributed by atoms with van der Waals surface area (Å²) in [7, 11) is 1.59. The molecule has 2 aromatic rings. The van der Waals surface area contributed by atoms with Gasteiger partial charge >= 0.3 is 6.09 Å². The minimum absolute atomic E-state index is 0.0466. The molecular weight excluding hydrogens is 486 g/mol. The summed E-state index contributed by atoms with van der Waals surface area (Å²) in [5.74, 6) is -2.80. The predicted octanol–water partition coefficient (Wildman–Crippen LogP) is 3.98. The van der Waals surface area contributed by atoms with E-state index in [0.29, 0.717) is 44.5 Å². The number of nitrogens with zero attached hydrogens (tertiary/aromatic N) is 4. The molecule has 1 fully saturated rings. The zero-order valence-corrected chi connectivity index (χ0v) is 22.2. The third kappa shape index (κ3) is 6.75. The van der Waals surface area contributed by atoms with Gasteiger partial charge in [0.05, 0.1) is 22.7 Å². The predicted molar refractivity (Wildman–Crippen MR) is 134 cm³/mol. The summed E-state index contributed by atoms with van der Waals surface area (Å²) in [6, 6.07) is 1.53. The van der Waals surface area contributed by atoms with Crippen LogP contribution in [-0.2, 0) is 11.3 Å². The van der Waals surface area contributed by atoms with Gasteiger partial charge in [-0.1, -0.05) is 13.8 Å². The van der Waals surface area contributed by atoms with Crippen molar-refractivity contribution >= 4 is 23.0 Å². The Hall–Kier alpha value is -2.79. The number of hydrogen-bond acceptors (Lipinski definition) is 5. The van der Waals surface area contributed by atoms with Gasteiger partial charge in [-0.05, 0) is 39.0 Å². The third-order valence-corrected chi connectivity index (χ3v) is 6.92. The van der Waals surface area contributed by atoms with Crippen molar-refractivity contribution in [1.29, 1.82) is 0 Å². The molecule has 0 spiro atoms. The molecule has 0 saturated carbocycles. The quantitative estimate of drug-likeness (QED) is 0.455. The van der Waals surface area contributed by atoms with Crippen LogP contribution in [-0.4, -0.2) is 86.6 Å². The van der Waals surface area contributed by atoms with Crippen molar-refractivity contribution in [3.8, 4) is 0 Å². The van der Waals surface area contributed by atoms with E-state index in [2.05, 4.69) is 4.98 Å². The van der Waals surface area contributed by atoms with Gasteiger partial charge in [0.25, 0.3) is 5.91 Å². The van der Waals surface area contributed by atoms with Crippen LogP contribution < -0.4 is 0 Å². The number of hydrogen-bond donors (Lipinski definition) is 2. The van der Waals surface area contributed by atoms with Crippen molar-refractivity contribution in [3.63, 3.8) is 0 Å². The molecule has 1 saturated heterocycles.